The van der Waals surface area contributed by atoms with Crippen molar-refractivity contribution < 1.29 is 9.47 Å². The lowest BCUT2D eigenvalue weighted by Gasteiger charge is -2.11. The fraction of sp³-hybridized carbons (Fsp3) is 0.111. The van der Waals surface area contributed by atoms with E-state index in [1.165, 1.54) is 0 Å². The van der Waals surface area contributed by atoms with Gasteiger partial charge in [-0.25, -0.2) is 0 Å². The summed E-state index contributed by atoms with van der Waals surface area (Å²) >= 11 is 5.19. The topological polar surface area (TPSA) is 54.9 Å². The largest absolute Gasteiger partial charge is 0.493 e. The predicted octanol–water partition coefficient (Wildman–Crippen LogP) is 3.69. The summed E-state index contributed by atoms with van der Waals surface area (Å²) in [6.45, 7) is 0. The van der Waals surface area contributed by atoms with Crippen molar-refractivity contribution in [1.29, 1.82) is 0 Å². The number of hydrogen-bond donors (Lipinski definition) is 2. The second-order valence-electron chi connectivity index (χ2n) is 4.68. The van der Waals surface area contributed by atoms with Crippen molar-refractivity contribution in [1.82, 2.24) is 5.43 Å². The molecule has 0 aliphatic heterocycles. The molecule has 0 spiro atoms. The van der Waals surface area contributed by atoms with E-state index < -0.39 is 0 Å². The number of thiocarbonyl (C=S) groups is 1. The molecule has 0 bridgehead atoms. The van der Waals surface area contributed by atoms with Gasteiger partial charge in [-0.05, 0) is 36.0 Å². The molecule has 0 atom stereocenters. The van der Waals surface area contributed by atoms with E-state index in [0.29, 0.717) is 16.6 Å². The van der Waals surface area contributed by atoms with Crippen LogP contribution < -0.4 is 20.2 Å². The maximum atomic E-state index is 5.25. The number of hydrogen-bond acceptors (Lipinski definition) is 4. The third kappa shape index (κ3) is 5.40. The van der Waals surface area contributed by atoms with E-state index in [4.69, 9.17) is 21.7 Å². The summed E-state index contributed by atoms with van der Waals surface area (Å²) in [5, 5.41) is 7.44. The Labute approximate surface area is 147 Å². The van der Waals surface area contributed by atoms with Crippen LogP contribution in [0.2, 0.25) is 0 Å². The quantitative estimate of drug-likeness (QED) is 0.477. The van der Waals surface area contributed by atoms with E-state index in [-0.39, 0.29) is 0 Å². The minimum absolute atomic E-state index is 0.381. The Morgan fingerprint density at radius 2 is 1.79 bits per heavy atom. The van der Waals surface area contributed by atoms with Gasteiger partial charge in [0.25, 0.3) is 0 Å². The highest BCUT2D eigenvalue weighted by Gasteiger charge is 2.05. The highest BCUT2D eigenvalue weighted by Crippen LogP contribution is 2.29. The summed E-state index contributed by atoms with van der Waals surface area (Å²) < 4.78 is 10.4. The van der Waals surface area contributed by atoms with Crippen LogP contribution in [0.3, 0.4) is 0 Å². The Bertz CT molecular complexity index is 730. The van der Waals surface area contributed by atoms with Gasteiger partial charge in [0.15, 0.2) is 16.6 Å². The SMILES string of the molecule is COc1ccc(NC(=S)N/N=C\C=C\c2ccccc2)cc1OC. The molecule has 0 heterocycles. The van der Waals surface area contributed by atoms with Gasteiger partial charge in [0.2, 0.25) is 0 Å². The molecule has 5 nitrogen and oxygen atoms in total. The number of hydrazone groups is 1. The lowest BCUT2D eigenvalue weighted by atomic mass is 10.2. The van der Waals surface area contributed by atoms with Gasteiger partial charge in [-0.15, -0.1) is 0 Å². The molecule has 0 aliphatic carbocycles. The van der Waals surface area contributed by atoms with E-state index >= 15 is 0 Å². The summed E-state index contributed by atoms with van der Waals surface area (Å²) in [4.78, 5) is 0. The number of nitrogens with zero attached hydrogens (tertiary/aromatic N) is 1. The van der Waals surface area contributed by atoms with Crippen LogP contribution in [0.1, 0.15) is 5.56 Å². The van der Waals surface area contributed by atoms with Gasteiger partial charge in [-0.1, -0.05) is 36.4 Å². The van der Waals surface area contributed by atoms with E-state index in [1.54, 1.807) is 32.6 Å². The highest BCUT2D eigenvalue weighted by atomic mass is 32.1. The molecule has 0 amide bonds. The Kier molecular flexibility index (Phi) is 6.79. The van der Waals surface area contributed by atoms with Crippen molar-refractivity contribution in [2.45, 2.75) is 0 Å². The zero-order valence-corrected chi connectivity index (χ0v) is 14.3. The molecule has 24 heavy (non-hydrogen) atoms. The molecule has 0 fully saturated rings. The molecule has 2 aromatic carbocycles. The third-order valence-corrected chi connectivity index (χ3v) is 3.25. The van der Waals surface area contributed by atoms with Gasteiger partial charge in [0, 0.05) is 18.0 Å². The lowest BCUT2D eigenvalue weighted by molar-refractivity contribution is 0.355. The molecule has 0 unspecified atom stereocenters. The smallest absolute Gasteiger partial charge is 0.191 e. The fourth-order valence-electron chi connectivity index (χ4n) is 1.93. The van der Waals surface area contributed by atoms with Crippen molar-refractivity contribution in [3.05, 3.63) is 60.2 Å². The van der Waals surface area contributed by atoms with Gasteiger partial charge in [0.05, 0.1) is 14.2 Å². The van der Waals surface area contributed by atoms with E-state index in [1.807, 2.05) is 48.6 Å². The van der Waals surface area contributed by atoms with Gasteiger partial charge >= 0.3 is 0 Å². The summed E-state index contributed by atoms with van der Waals surface area (Å²) in [6.07, 6.45) is 5.42. The van der Waals surface area contributed by atoms with Crippen molar-refractivity contribution in [3.8, 4) is 11.5 Å². The number of methoxy groups -OCH3 is 2. The molecule has 2 aromatic rings. The minimum atomic E-state index is 0.381. The number of ether oxygens (including phenoxy) is 2. The molecular formula is C18H19N3O2S. The van der Waals surface area contributed by atoms with E-state index in [0.717, 1.165) is 11.3 Å². The number of allylic oxidation sites excluding steroid dienone is 1. The first-order chi connectivity index (χ1) is 11.7. The van der Waals surface area contributed by atoms with Crippen LogP contribution in [0.25, 0.3) is 6.08 Å². The lowest BCUT2D eigenvalue weighted by Crippen LogP contribution is -2.23. The summed E-state index contributed by atoms with van der Waals surface area (Å²) in [5.74, 6) is 1.28. The Balaban J connectivity index is 1.85. The molecule has 0 saturated heterocycles. The number of benzene rings is 2. The highest BCUT2D eigenvalue weighted by molar-refractivity contribution is 7.80. The second-order valence-corrected chi connectivity index (χ2v) is 5.09. The molecule has 0 aliphatic rings. The molecule has 0 radical (unpaired) electrons. The molecule has 2 rings (SSSR count). The van der Waals surface area contributed by atoms with Crippen molar-refractivity contribution in [2.24, 2.45) is 5.10 Å². The average Bonchev–Trinajstić information content (AvgIpc) is 2.62. The van der Waals surface area contributed by atoms with Gasteiger partial charge in [0.1, 0.15) is 0 Å². The van der Waals surface area contributed by atoms with Crippen molar-refractivity contribution >= 4 is 35.3 Å². The molecular weight excluding hydrogens is 322 g/mol. The van der Waals surface area contributed by atoms with E-state index in [9.17, 15) is 0 Å². The molecule has 0 saturated carbocycles. The van der Waals surface area contributed by atoms with Crippen LogP contribution in [0.4, 0.5) is 5.69 Å². The summed E-state index contributed by atoms with van der Waals surface area (Å²) in [6, 6.07) is 15.4. The van der Waals surface area contributed by atoms with Crippen molar-refractivity contribution in [2.75, 3.05) is 19.5 Å². The molecule has 2 N–H and O–H groups in total. The van der Waals surface area contributed by atoms with Crippen LogP contribution >= 0.6 is 12.2 Å². The normalized spacial score (nSPS) is 10.8. The molecule has 6 heteroatoms. The maximum Gasteiger partial charge on any atom is 0.191 e. The Morgan fingerprint density at radius 1 is 1.04 bits per heavy atom. The zero-order chi connectivity index (χ0) is 17.2. The Hall–Kier alpha value is -2.86. The minimum Gasteiger partial charge on any atom is -0.493 e. The summed E-state index contributed by atoms with van der Waals surface area (Å²) in [7, 11) is 3.18. The number of rotatable bonds is 6. The molecule has 124 valence electrons. The van der Waals surface area contributed by atoms with Crippen LogP contribution in [0, 0.1) is 0 Å². The second kappa shape index (κ2) is 9.32. The third-order valence-electron chi connectivity index (χ3n) is 3.06. The van der Waals surface area contributed by atoms with Gasteiger partial charge < -0.3 is 14.8 Å². The van der Waals surface area contributed by atoms with Crippen molar-refractivity contribution in [3.63, 3.8) is 0 Å². The number of anilines is 1. The van der Waals surface area contributed by atoms with E-state index in [2.05, 4.69) is 15.8 Å². The standard InChI is InChI=1S/C18H19N3O2S/c1-22-16-11-10-15(13-17(16)23-2)20-18(24)21-19-12-6-9-14-7-4-3-5-8-14/h3-13H,1-2H3,(H2,20,21,24)/b9-6+,19-12-. The maximum absolute atomic E-state index is 5.25. The number of nitrogens with one attached hydrogen (secondary N) is 2. The van der Waals surface area contributed by atoms with Crippen LogP contribution in [0.5, 0.6) is 11.5 Å². The van der Waals surface area contributed by atoms with Crippen LogP contribution in [-0.2, 0) is 0 Å². The van der Waals surface area contributed by atoms with Gasteiger partial charge in [-0.2, -0.15) is 5.10 Å². The van der Waals surface area contributed by atoms with Crippen LogP contribution in [0.15, 0.2) is 59.7 Å². The monoisotopic (exact) mass is 341 g/mol. The van der Waals surface area contributed by atoms with Crippen LogP contribution in [-0.4, -0.2) is 25.5 Å². The Morgan fingerprint density at radius 3 is 2.50 bits per heavy atom. The predicted molar refractivity (Wildman–Crippen MR) is 103 cm³/mol. The summed E-state index contributed by atoms with van der Waals surface area (Å²) in [5.41, 5.74) is 4.63. The average molecular weight is 341 g/mol. The first-order valence-electron chi connectivity index (χ1n) is 7.26. The molecule has 0 aromatic heterocycles. The first kappa shape index (κ1) is 17.5. The van der Waals surface area contributed by atoms with Gasteiger partial charge in [-0.3, -0.25) is 5.43 Å². The zero-order valence-electron chi connectivity index (χ0n) is 13.5. The fourth-order valence-corrected chi connectivity index (χ4v) is 2.10. The first-order valence-corrected chi connectivity index (χ1v) is 7.67.